The topological polar surface area (TPSA) is 17.1 Å². The van der Waals surface area contributed by atoms with E-state index in [2.05, 4.69) is 67.0 Å². The fraction of sp³-hybridized carbons (Fsp3) is 0.500. The molecule has 0 aromatic heterocycles. The van der Waals surface area contributed by atoms with Crippen molar-refractivity contribution in [3.8, 4) is 0 Å². The number of halogens is 1. The highest BCUT2D eigenvalue weighted by atomic mass is 79.9. The lowest BCUT2D eigenvalue weighted by molar-refractivity contribution is -0.125. The lowest BCUT2D eigenvalue weighted by Crippen LogP contribution is -2.32. The Bertz CT molecular complexity index is 582. The second kappa shape index (κ2) is 4.56. The Morgan fingerprint density at radius 3 is 2.40 bits per heavy atom. The number of alkyl halides is 1. The van der Waals surface area contributed by atoms with Gasteiger partial charge < -0.3 is 0 Å². The van der Waals surface area contributed by atoms with E-state index in [1.54, 1.807) is 0 Å². The zero-order valence-corrected chi connectivity index (χ0v) is 14.0. The molecule has 2 atom stereocenters. The van der Waals surface area contributed by atoms with Gasteiger partial charge in [0.2, 0.25) is 0 Å². The summed E-state index contributed by atoms with van der Waals surface area (Å²) in [6, 6.07) is 8.45. The molecule has 0 aliphatic heterocycles. The highest BCUT2D eigenvalue weighted by Crippen LogP contribution is 2.65. The van der Waals surface area contributed by atoms with Crippen LogP contribution in [0.3, 0.4) is 0 Å². The molecule has 1 nitrogen and oxygen atoms in total. The summed E-state index contributed by atoms with van der Waals surface area (Å²) in [6.45, 7) is 6.68. The van der Waals surface area contributed by atoms with Gasteiger partial charge in [-0.15, -0.1) is 0 Å². The first-order valence-corrected chi connectivity index (χ1v) is 8.43. The minimum absolute atomic E-state index is 0.103. The van der Waals surface area contributed by atoms with E-state index < -0.39 is 0 Å². The van der Waals surface area contributed by atoms with E-state index in [-0.39, 0.29) is 10.8 Å². The normalized spacial score (nSPS) is 33.1. The SMILES string of the molecule is CC1(C)[C@H]2CC[C@]1(C)C(=O)/C2=C\c1ccc(CBr)cc1. The fourth-order valence-electron chi connectivity index (χ4n) is 3.98. The molecule has 106 valence electrons. The first-order valence-electron chi connectivity index (χ1n) is 7.31. The van der Waals surface area contributed by atoms with Crippen LogP contribution in [0.2, 0.25) is 0 Å². The van der Waals surface area contributed by atoms with Crippen LogP contribution in [0, 0.1) is 16.7 Å². The van der Waals surface area contributed by atoms with Crippen molar-refractivity contribution in [2.45, 2.75) is 38.9 Å². The Morgan fingerprint density at radius 2 is 1.90 bits per heavy atom. The van der Waals surface area contributed by atoms with Gasteiger partial charge in [-0.3, -0.25) is 4.79 Å². The molecule has 0 N–H and O–H groups in total. The van der Waals surface area contributed by atoms with Crippen molar-refractivity contribution in [3.05, 3.63) is 41.0 Å². The Hall–Kier alpha value is -0.890. The summed E-state index contributed by atoms with van der Waals surface area (Å²) >= 11 is 3.46. The Kier molecular flexibility index (Phi) is 3.20. The predicted molar refractivity (Wildman–Crippen MR) is 86.7 cm³/mol. The van der Waals surface area contributed by atoms with E-state index in [1.807, 2.05) is 0 Å². The van der Waals surface area contributed by atoms with Crippen molar-refractivity contribution in [1.82, 2.24) is 0 Å². The van der Waals surface area contributed by atoms with Gasteiger partial charge in [-0.25, -0.2) is 0 Å². The number of carbonyl (C=O) groups excluding carboxylic acids is 1. The van der Waals surface area contributed by atoms with Gasteiger partial charge in [0.05, 0.1) is 0 Å². The molecule has 0 heterocycles. The molecule has 2 heteroatoms. The van der Waals surface area contributed by atoms with E-state index in [9.17, 15) is 4.79 Å². The molecule has 3 rings (SSSR count). The van der Waals surface area contributed by atoms with Crippen molar-refractivity contribution >= 4 is 27.8 Å². The lowest BCUT2D eigenvalue weighted by Gasteiger charge is -2.31. The zero-order chi connectivity index (χ0) is 14.5. The van der Waals surface area contributed by atoms with E-state index in [4.69, 9.17) is 0 Å². The molecule has 1 aromatic carbocycles. The molecule has 0 unspecified atom stereocenters. The number of rotatable bonds is 2. The molecule has 0 saturated heterocycles. The summed E-state index contributed by atoms with van der Waals surface area (Å²) < 4.78 is 0. The van der Waals surface area contributed by atoms with Gasteiger partial charge in [0.1, 0.15) is 0 Å². The molecule has 2 fully saturated rings. The predicted octanol–water partition coefficient (Wildman–Crippen LogP) is 4.99. The molecule has 2 bridgehead atoms. The average Bonchev–Trinajstić information content (AvgIpc) is 2.74. The van der Waals surface area contributed by atoms with Gasteiger partial charge in [-0.05, 0) is 47.0 Å². The van der Waals surface area contributed by atoms with Crippen molar-refractivity contribution < 1.29 is 4.79 Å². The number of carbonyl (C=O) groups is 1. The van der Waals surface area contributed by atoms with Crippen LogP contribution in [0.1, 0.15) is 44.7 Å². The molecule has 2 aliphatic rings. The molecule has 0 radical (unpaired) electrons. The summed E-state index contributed by atoms with van der Waals surface area (Å²) in [5.74, 6) is 0.805. The molecule has 2 saturated carbocycles. The van der Waals surface area contributed by atoms with Gasteiger partial charge in [0.25, 0.3) is 0 Å². The van der Waals surface area contributed by atoms with Crippen LogP contribution in [-0.2, 0) is 10.1 Å². The van der Waals surface area contributed by atoms with Gasteiger partial charge in [0, 0.05) is 10.7 Å². The van der Waals surface area contributed by atoms with Crippen LogP contribution in [-0.4, -0.2) is 5.78 Å². The number of Topliss-reactive ketones (excluding diaryl/α,β-unsaturated/α-hetero) is 1. The number of hydrogen-bond acceptors (Lipinski definition) is 1. The zero-order valence-electron chi connectivity index (χ0n) is 12.4. The maximum atomic E-state index is 12.8. The molecule has 0 spiro atoms. The van der Waals surface area contributed by atoms with E-state index in [0.717, 1.165) is 29.3 Å². The number of benzene rings is 1. The number of allylic oxidation sites excluding steroid dienone is 1. The summed E-state index contributed by atoms with van der Waals surface area (Å²) in [4.78, 5) is 12.8. The molecule has 0 amide bonds. The fourth-order valence-corrected chi connectivity index (χ4v) is 4.35. The van der Waals surface area contributed by atoms with Crippen molar-refractivity contribution in [2.75, 3.05) is 0 Å². The lowest BCUT2D eigenvalue weighted by atomic mass is 9.70. The third-order valence-corrected chi connectivity index (χ3v) is 6.47. The molecular weight excluding hydrogens is 312 g/mol. The Morgan fingerprint density at radius 1 is 1.25 bits per heavy atom. The van der Waals surface area contributed by atoms with Crippen molar-refractivity contribution in [2.24, 2.45) is 16.7 Å². The minimum Gasteiger partial charge on any atom is -0.294 e. The van der Waals surface area contributed by atoms with Crippen molar-refractivity contribution in [3.63, 3.8) is 0 Å². The molecule has 1 aromatic rings. The highest BCUT2D eigenvalue weighted by Gasteiger charge is 2.63. The van der Waals surface area contributed by atoms with Crippen LogP contribution in [0.5, 0.6) is 0 Å². The molecular formula is C18H21BrO. The maximum absolute atomic E-state index is 12.8. The standard InChI is InChI=1S/C18H21BrO/c1-17(2)15-8-9-18(17,3)16(20)14(15)10-12-4-6-13(11-19)7-5-12/h4-7,10,15H,8-9,11H2,1-3H3/b14-10-/t15-,18+/m0/s1. The van der Waals surface area contributed by atoms with E-state index in [0.29, 0.717) is 11.7 Å². The van der Waals surface area contributed by atoms with E-state index >= 15 is 0 Å². The quantitative estimate of drug-likeness (QED) is 0.550. The Labute approximate surface area is 129 Å². The van der Waals surface area contributed by atoms with Crippen LogP contribution < -0.4 is 0 Å². The van der Waals surface area contributed by atoms with Crippen LogP contribution in [0.15, 0.2) is 29.8 Å². The first-order chi connectivity index (χ1) is 9.40. The van der Waals surface area contributed by atoms with E-state index in [1.165, 1.54) is 5.56 Å². The number of ketones is 1. The van der Waals surface area contributed by atoms with Crippen molar-refractivity contribution in [1.29, 1.82) is 0 Å². The average molecular weight is 333 g/mol. The monoisotopic (exact) mass is 332 g/mol. The molecule has 2 aliphatic carbocycles. The number of fused-ring (bicyclic) bond motifs is 2. The largest absolute Gasteiger partial charge is 0.294 e. The summed E-state index contributed by atoms with van der Waals surface area (Å²) in [7, 11) is 0. The Balaban J connectivity index is 1.99. The van der Waals surface area contributed by atoms with Crippen LogP contribution in [0.25, 0.3) is 6.08 Å². The second-order valence-electron chi connectivity index (χ2n) is 6.95. The molecule has 20 heavy (non-hydrogen) atoms. The summed E-state index contributed by atoms with van der Waals surface area (Å²) in [5.41, 5.74) is 3.41. The highest BCUT2D eigenvalue weighted by molar-refractivity contribution is 9.08. The van der Waals surface area contributed by atoms with Gasteiger partial charge in [-0.2, -0.15) is 0 Å². The number of hydrogen-bond donors (Lipinski definition) is 0. The van der Waals surface area contributed by atoms with Gasteiger partial charge in [0.15, 0.2) is 5.78 Å². The third-order valence-electron chi connectivity index (χ3n) is 5.82. The van der Waals surface area contributed by atoms with Crippen LogP contribution in [0.4, 0.5) is 0 Å². The maximum Gasteiger partial charge on any atom is 0.165 e. The third kappa shape index (κ3) is 1.77. The summed E-state index contributed by atoms with van der Waals surface area (Å²) in [6.07, 6.45) is 4.32. The smallest absolute Gasteiger partial charge is 0.165 e. The second-order valence-corrected chi connectivity index (χ2v) is 7.51. The first kappa shape index (κ1) is 14.1. The van der Waals surface area contributed by atoms with Gasteiger partial charge >= 0.3 is 0 Å². The van der Waals surface area contributed by atoms with Gasteiger partial charge in [-0.1, -0.05) is 61.0 Å². The van der Waals surface area contributed by atoms with Crippen LogP contribution >= 0.6 is 15.9 Å². The minimum atomic E-state index is -0.153. The summed E-state index contributed by atoms with van der Waals surface area (Å²) in [5, 5.41) is 0.872.